The lowest BCUT2D eigenvalue weighted by atomic mass is 10.0. The van der Waals surface area contributed by atoms with Gasteiger partial charge < -0.3 is 5.73 Å². The number of alkyl halides is 3. The fourth-order valence-electron chi connectivity index (χ4n) is 2.10. The van der Waals surface area contributed by atoms with Crippen molar-refractivity contribution in [2.45, 2.75) is 19.0 Å². The number of rotatable bonds is 0. The molecule has 7 nitrogen and oxygen atoms in total. The van der Waals surface area contributed by atoms with Crippen LogP contribution in [0, 0.1) is 5.41 Å². The van der Waals surface area contributed by atoms with Crippen molar-refractivity contribution in [3.05, 3.63) is 22.9 Å². The van der Waals surface area contributed by atoms with E-state index >= 15 is 0 Å². The Bertz CT molecular complexity index is 820. The van der Waals surface area contributed by atoms with Crippen LogP contribution in [0.5, 0.6) is 0 Å². The van der Waals surface area contributed by atoms with Crippen molar-refractivity contribution in [3.63, 3.8) is 0 Å². The molecule has 0 radical (unpaired) electrons. The highest BCUT2D eigenvalue weighted by molar-refractivity contribution is 5.97. The van der Waals surface area contributed by atoms with Crippen molar-refractivity contribution in [2.75, 3.05) is 5.73 Å². The van der Waals surface area contributed by atoms with E-state index in [-0.39, 0.29) is 41.2 Å². The molecule has 0 unspecified atom stereocenters. The summed E-state index contributed by atoms with van der Waals surface area (Å²) in [4.78, 5) is 7.65. The number of anilines is 1. The largest absolute Gasteiger partial charge is 0.417 e. The van der Waals surface area contributed by atoms with Gasteiger partial charge in [0.2, 0.25) is 5.65 Å². The lowest BCUT2D eigenvalue weighted by molar-refractivity contribution is -0.0857. The molecule has 2 aromatic rings. The molecule has 3 rings (SSSR count). The first-order valence-electron chi connectivity index (χ1n) is 6.14. The van der Waals surface area contributed by atoms with Gasteiger partial charge >= 0.3 is 6.18 Å². The average Bonchev–Trinajstić information content (AvgIpc) is 2.90. The number of amidine groups is 1. The lowest BCUT2D eigenvalue weighted by Gasteiger charge is -2.09. The molecule has 0 aromatic carbocycles. The minimum atomic E-state index is -4.56. The van der Waals surface area contributed by atoms with Crippen LogP contribution >= 0.6 is 0 Å². The molecule has 1 aliphatic heterocycles. The van der Waals surface area contributed by atoms with Crippen LogP contribution < -0.4 is 5.73 Å². The number of pyridine rings is 1. The predicted octanol–water partition coefficient (Wildman–Crippen LogP) is 1.84. The maximum atomic E-state index is 12.9. The third-order valence-corrected chi connectivity index (χ3v) is 3.19. The Balaban J connectivity index is 2.18. The molecule has 3 heterocycles. The summed E-state index contributed by atoms with van der Waals surface area (Å²) in [6.07, 6.45) is -3.13. The van der Waals surface area contributed by atoms with E-state index in [9.17, 15) is 13.2 Å². The number of hydrogen-bond acceptors (Lipinski definition) is 6. The predicted molar refractivity (Wildman–Crippen MR) is 71.8 cm³/mol. The number of aliphatic imine (C=N–C) groups is 1. The second kappa shape index (κ2) is 4.90. The van der Waals surface area contributed by atoms with Crippen molar-refractivity contribution < 1.29 is 17.8 Å². The van der Waals surface area contributed by atoms with Crippen molar-refractivity contribution in [2.24, 2.45) is 4.99 Å². The molecule has 1 aliphatic rings. The monoisotopic (exact) mass is 310 g/mol. The van der Waals surface area contributed by atoms with Crippen molar-refractivity contribution in [3.8, 4) is 0 Å². The van der Waals surface area contributed by atoms with E-state index in [2.05, 4.69) is 24.9 Å². The number of allylic oxidation sites excluding steroid dienone is 2. The standard InChI is InChI=1S/C12H9F3N6O/c13-12(14,15)5-1-2-7-6(3-8(16)18-4-5)9(17)10-11(19-7)21-22-20-10/h1,4,16H,2-3,17H2/b5-1+,16-8?,18-4?. The third kappa shape index (κ3) is 2.43. The number of nitrogens with two attached hydrogens (primary N) is 1. The first-order valence-corrected chi connectivity index (χ1v) is 6.14. The number of aromatic nitrogens is 3. The highest BCUT2D eigenvalue weighted by Gasteiger charge is 2.33. The summed E-state index contributed by atoms with van der Waals surface area (Å²) < 4.78 is 43.1. The number of hydrogen-bond donors (Lipinski definition) is 2. The van der Waals surface area contributed by atoms with E-state index in [4.69, 9.17) is 11.1 Å². The Morgan fingerprint density at radius 2 is 2.05 bits per heavy atom. The number of fused-ring (bicyclic) bond motifs is 2. The molecule has 2 aromatic heterocycles. The topological polar surface area (TPSA) is 114 Å². The van der Waals surface area contributed by atoms with Gasteiger partial charge in [-0.1, -0.05) is 6.08 Å². The lowest BCUT2D eigenvalue weighted by Crippen LogP contribution is -2.13. The van der Waals surface area contributed by atoms with E-state index in [1.54, 1.807) is 0 Å². The van der Waals surface area contributed by atoms with Crippen molar-refractivity contribution in [1.82, 2.24) is 15.3 Å². The molecule has 0 bridgehead atoms. The number of halogens is 3. The average molecular weight is 310 g/mol. The molecule has 10 heteroatoms. The van der Waals surface area contributed by atoms with Crippen LogP contribution in [-0.4, -0.2) is 33.5 Å². The van der Waals surface area contributed by atoms with Gasteiger partial charge in [-0.2, -0.15) is 13.2 Å². The van der Waals surface area contributed by atoms with Crippen LogP contribution in [0.3, 0.4) is 0 Å². The number of nitrogens with one attached hydrogen (secondary N) is 1. The summed E-state index contributed by atoms with van der Waals surface area (Å²) in [5.41, 5.74) is 6.22. The molecule has 0 aliphatic carbocycles. The zero-order valence-corrected chi connectivity index (χ0v) is 11.0. The Kier molecular flexibility index (Phi) is 3.15. The number of nitrogens with zero attached hydrogens (tertiary/aromatic N) is 4. The van der Waals surface area contributed by atoms with Gasteiger partial charge in [0.25, 0.3) is 0 Å². The summed E-state index contributed by atoms with van der Waals surface area (Å²) in [6, 6.07) is 0. The van der Waals surface area contributed by atoms with Crippen LogP contribution in [0.1, 0.15) is 11.3 Å². The molecular weight excluding hydrogens is 301 g/mol. The van der Waals surface area contributed by atoms with E-state index in [1.807, 2.05) is 0 Å². The van der Waals surface area contributed by atoms with Gasteiger partial charge in [-0.05, 0) is 10.3 Å². The fourth-order valence-corrected chi connectivity index (χ4v) is 2.10. The maximum Gasteiger partial charge on any atom is 0.417 e. The Hall–Kier alpha value is -2.78. The fraction of sp³-hybridized carbons (Fsp3) is 0.250. The summed E-state index contributed by atoms with van der Waals surface area (Å²) in [5, 5.41) is 14.8. The van der Waals surface area contributed by atoms with Crippen LogP contribution in [0.2, 0.25) is 0 Å². The van der Waals surface area contributed by atoms with Crippen LogP contribution in [0.15, 0.2) is 21.3 Å². The number of nitrogen functional groups attached to an aromatic ring is 1. The zero-order valence-electron chi connectivity index (χ0n) is 11.0. The first kappa shape index (κ1) is 14.2. The molecule has 0 amide bonds. The minimum absolute atomic E-state index is 0.0492. The Labute approximate surface area is 121 Å². The molecular formula is C12H9F3N6O. The summed E-state index contributed by atoms with van der Waals surface area (Å²) >= 11 is 0. The molecule has 3 N–H and O–H groups in total. The van der Waals surface area contributed by atoms with E-state index in [0.29, 0.717) is 11.8 Å². The minimum Gasteiger partial charge on any atom is -0.396 e. The van der Waals surface area contributed by atoms with Gasteiger partial charge in [0.1, 0.15) is 5.84 Å². The van der Waals surface area contributed by atoms with Gasteiger partial charge in [-0.25, -0.2) is 14.6 Å². The quantitative estimate of drug-likeness (QED) is 0.770. The van der Waals surface area contributed by atoms with Gasteiger partial charge in [-0.15, -0.1) is 0 Å². The SMILES string of the molecule is N=C1Cc2c(nc3nonc3c2N)C/C=C(/C(F)(F)F)C=N1. The molecule has 0 fully saturated rings. The van der Waals surface area contributed by atoms with Gasteiger partial charge in [0.05, 0.1) is 17.0 Å². The van der Waals surface area contributed by atoms with E-state index in [1.165, 1.54) is 0 Å². The molecule has 0 saturated carbocycles. The van der Waals surface area contributed by atoms with Crippen LogP contribution in [-0.2, 0) is 12.8 Å². The Morgan fingerprint density at radius 3 is 2.77 bits per heavy atom. The zero-order chi connectivity index (χ0) is 15.9. The highest BCUT2D eigenvalue weighted by Crippen LogP contribution is 2.28. The molecule has 0 spiro atoms. The summed E-state index contributed by atoms with van der Waals surface area (Å²) in [6.45, 7) is 0. The molecule has 22 heavy (non-hydrogen) atoms. The maximum absolute atomic E-state index is 12.9. The van der Waals surface area contributed by atoms with Gasteiger partial charge in [-0.3, -0.25) is 5.41 Å². The Morgan fingerprint density at radius 1 is 1.27 bits per heavy atom. The third-order valence-electron chi connectivity index (χ3n) is 3.19. The summed E-state index contributed by atoms with van der Waals surface area (Å²) in [5.74, 6) is -0.261. The van der Waals surface area contributed by atoms with Crippen molar-refractivity contribution >= 4 is 28.9 Å². The second-order valence-electron chi connectivity index (χ2n) is 4.63. The molecule has 0 saturated heterocycles. The van der Waals surface area contributed by atoms with Crippen LogP contribution in [0.4, 0.5) is 18.9 Å². The normalized spacial score (nSPS) is 18.3. The van der Waals surface area contributed by atoms with E-state index < -0.39 is 11.7 Å². The van der Waals surface area contributed by atoms with Crippen LogP contribution in [0.25, 0.3) is 11.2 Å². The van der Waals surface area contributed by atoms with E-state index in [0.717, 1.165) is 6.08 Å². The first-order chi connectivity index (χ1) is 10.4. The molecule has 114 valence electrons. The smallest absolute Gasteiger partial charge is 0.396 e. The van der Waals surface area contributed by atoms with Crippen molar-refractivity contribution in [1.29, 1.82) is 5.41 Å². The van der Waals surface area contributed by atoms with Gasteiger partial charge in [0.15, 0.2) is 5.52 Å². The van der Waals surface area contributed by atoms with Gasteiger partial charge in [0, 0.05) is 24.6 Å². The highest BCUT2D eigenvalue weighted by atomic mass is 19.4. The summed E-state index contributed by atoms with van der Waals surface area (Å²) in [7, 11) is 0. The molecule has 0 atom stereocenters. The second-order valence-corrected chi connectivity index (χ2v) is 4.63.